The summed E-state index contributed by atoms with van der Waals surface area (Å²) in [6.45, 7) is 5.85. The largest absolute Gasteiger partial charge is 0.496 e. The quantitative estimate of drug-likeness (QED) is 0.319. The van der Waals surface area contributed by atoms with Gasteiger partial charge in [-0.15, -0.1) is 0 Å². The number of nitro benzene ring substituents is 1. The maximum absolute atomic E-state index is 13.0. The number of ether oxygens (including phenoxy) is 2. The normalized spacial score (nSPS) is 11.9. The van der Waals surface area contributed by atoms with Crippen LogP contribution in [0.2, 0.25) is 0 Å². The smallest absolute Gasteiger partial charge is 0.314 e. The molecule has 0 spiro atoms. The van der Waals surface area contributed by atoms with E-state index in [1.54, 1.807) is 25.3 Å². The zero-order valence-electron chi connectivity index (χ0n) is 16.7. The van der Waals surface area contributed by atoms with Gasteiger partial charge in [-0.05, 0) is 51.1 Å². The lowest BCUT2D eigenvalue weighted by Gasteiger charge is -2.14. The number of carbonyl (C=O) groups excluding carboxylic acids is 1. The number of methoxy groups -OCH3 is 1. The van der Waals surface area contributed by atoms with E-state index in [1.807, 2.05) is 30.5 Å². The van der Waals surface area contributed by atoms with Crippen molar-refractivity contribution in [3.8, 4) is 11.5 Å². The van der Waals surface area contributed by atoms with Crippen molar-refractivity contribution in [1.82, 2.24) is 4.57 Å². The predicted molar refractivity (Wildman–Crippen MR) is 106 cm³/mol. The van der Waals surface area contributed by atoms with E-state index < -0.39 is 11.0 Å². The van der Waals surface area contributed by atoms with Crippen LogP contribution in [0.3, 0.4) is 0 Å². The van der Waals surface area contributed by atoms with Crippen LogP contribution in [0.4, 0.5) is 5.69 Å². The molecular formula is C21H22N2O6. The number of rotatable bonds is 8. The number of nitro groups is 1. The molecule has 152 valence electrons. The Hall–Kier alpha value is -3.55. The molecule has 3 rings (SSSR count). The van der Waals surface area contributed by atoms with Gasteiger partial charge in [-0.25, -0.2) is 0 Å². The van der Waals surface area contributed by atoms with Gasteiger partial charge in [0.25, 0.3) is 0 Å². The first kappa shape index (κ1) is 20.2. The topological polar surface area (TPSA) is 96.7 Å². The minimum atomic E-state index is -0.903. The highest BCUT2D eigenvalue weighted by atomic mass is 16.6. The van der Waals surface area contributed by atoms with Crippen molar-refractivity contribution in [2.75, 3.05) is 7.11 Å². The average molecular weight is 398 g/mol. The molecule has 0 unspecified atom stereocenters. The van der Waals surface area contributed by atoms with Gasteiger partial charge in [0.2, 0.25) is 5.78 Å². The van der Waals surface area contributed by atoms with Gasteiger partial charge >= 0.3 is 5.69 Å². The third-order valence-electron chi connectivity index (χ3n) is 4.77. The molecule has 0 N–H and O–H groups in total. The van der Waals surface area contributed by atoms with E-state index in [0.29, 0.717) is 17.9 Å². The molecule has 3 aromatic rings. The van der Waals surface area contributed by atoms with Crippen LogP contribution in [0.15, 0.2) is 47.1 Å². The zero-order chi connectivity index (χ0) is 21.1. The summed E-state index contributed by atoms with van der Waals surface area (Å²) in [4.78, 5) is 23.8. The van der Waals surface area contributed by atoms with Gasteiger partial charge < -0.3 is 18.5 Å². The Morgan fingerprint density at radius 3 is 2.66 bits per heavy atom. The summed E-state index contributed by atoms with van der Waals surface area (Å²) in [5.41, 5.74) is 1.94. The van der Waals surface area contributed by atoms with Crippen molar-refractivity contribution in [1.29, 1.82) is 0 Å². The standard InChI is InChI=1S/C21H22N2O6/c1-13-10-18(14(2)22(13)12-17-6-5-9-28-17)21(24)15(3)29-20-8-7-16(27-4)11-19(20)23(25)26/h5-11,15H,12H2,1-4H3/t15-/m0/s1. The molecule has 0 bridgehead atoms. The zero-order valence-corrected chi connectivity index (χ0v) is 16.7. The molecule has 0 saturated carbocycles. The van der Waals surface area contributed by atoms with E-state index >= 15 is 0 Å². The molecule has 1 atom stereocenters. The molecule has 0 aliphatic carbocycles. The molecule has 29 heavy (non-hydrogen) atoms. The van der Waals surface area contributed by atoms with Crippen LogP contribution in [-0.4, -0.2) is 28.5 Å². The fourth-order valence-corrected chi connectivity index (χ4v) is 3.18. The third-order valence-corrected chi connectivity index (χ3v) is 4.77. The number of furan rings is 1. The summed E-state index contributed by atoms with van der Waals surface area (Å²) in [5.74, 6) is 0.878. The van der Waals surface area contributed by atoms with Crippen molar-refractivity contribution < 1.29 is 23.6 Å². The number of carbonyl (C=O) groups is 1. The summed E-state index contributed by atoms with van der Waals surface area (Å²) in [6, 6.07) is 9.72. The summed E-state index contributed by atoms with van der Waals surface area (Å²) >= 11 is 0. The fraction of sp³-hybridized carbons (Fsp3) is 0.286. The molecule has 0 saturated heterocycles. The lowest BCUT2D eigenvalue weighted by Crippen LogP contribution is -2.24. The van der Waals surface area contributed by atoms with Gasteiger partial charge in [0, 0.05) is 17.0 Å². The number of ketones is 1. The second kappa shape index (κ2) is 8.22. The maximum Gasteiger partial charge on any atom is 0.314 e. The Morgan fingerprint density at radius 2 is 2.03 bits per heavy atom. The lowest BCUT2D eigenvalue weighted by molar-refractivity contribution is -0.386. The van der Waals surface area contributed by atoms with Crippen LogP contribution in [0.5, 0.6) is 11.5 Å². The molecule has 0 aliphatic rings. The molecule has 2 heterocycles. The Bertz CT molecular complexity index is 1040. The Balaban J connectivity index is 1.83. The number of hydrogen-bond donors (Lipinski definition) is 0. The van der Waals surface area contributed by atoms with E-state index in [4.69, 9.17) is 13.9 Å². The molecule has 0 amide bonds. The average Bonchev–Trinajstić information content (AvgIpc) is 3.31. The Labute approximate surface area is 167 Å². The van der Waals surface area contributed by atoms with Gasteiger partial charge in [0.15, 0.2) is 11.9 Å². The highest BCUT2D eigenvalue weighted by molar-refractivity contribution is 6.00. The van der Waals surface area contributed by atoms with Crippen LogP contribution in [0.1, 0.15) is 34.4 Å². The lowest BCUT2D eigenvalue weighted by atomic mass is 10.1. The minimum absolute atomic E-state index is 0.0149. The van der Waals surface area contributed by atoms with Gasteiger partial charge in [-0.3, -0.25) is 14.9 Å². The van der Waals surface area contributed by atoms with E-state index in [-0.39, 0.29) is 17.2 Å². The van der Waals surface area contributed by atoms with Gasteiger partial charge in [0.1, 0.15) is 11.5 Å². The molecule has 0 fully saturated rings. The Kier molecular flexibility index (Phi) is 5.72. The van der Waals surface area contributed by atoms with Crippen LogP contribution < -0.4 is 9.47 Å². The summed E-state index contributed by atoms with van der Waals surface area (Å²) in [7, 11) is 1.42. The van der Waals surface area contributed by atoms with Crippen LogP contribution >= 0.6 is 0 Å². The van der Waals surface area contributed by atoms with Crippen LogP contribution in [-0.2, 0) is 6.54 Å². The maximum atomic E-state index is 13.0. The second-order valence-electron chi connectivity index (χ2n) is 6.67. The monoisotopic (exact) mass is 398 g/mol. The number of aromatic nitrogens is 1. The van der Waals surface area contributed by atoms with Crippen LogP contribution in [0, 0.1) is 24.0 Å². The third kappa shape index (κ3) is 4.16. The second-order valence-corrected chi connectivity index (χ2v) is 6.67. The molecular weight excluding hydrogens is 376 g/mol. The van der Waals surface area contributed by atoms with Crippen LogP contribution in [0.25, 0.3) is 0 Å². The van der Waals surface area contributed by atoms with Gasteiger partial charge in [-0.2, -0.15) is 0 Å². The van der Waals surface area contributed by atoms with Crippen molar-refractivity contribution in [2.45, 2.75) is 33.4 Å². The van der Waals surface area contributed by atoms with Gasteiger partial charge in [0.05, 0.1) is 30.9 Å². The number of benzene rings is 1. The highest BCUT2D eigenvalue weighted by Crippen LogP contribution is 2.32. The molecule has 8 heteroatoms. The first-order valence-corrected chi connectivity index (χ1v) is 9.04. The minimum Gasteiger partial charge on any atom is -0.496 e. The molecule has 2 aromatic heterocycles. The summed E-state index contributed by atoms with van der Waals surface area (Å²) in [6.07, 6.45) is 0.701. The predicted octanol–water partition coefficient (Wildman–Crippen LogP) is 4.31. The highest BCUT2D eigenvalue weighted by Gasteiger charge is 2.25. The van der Waals surface area contributed by atoms with E-state index in [1.165, 1.54) is 19.2 Å². The summed E-state index contributed by atoms with van der Waals surface area (Å²) < 4.78 is 18.1. The van der Waals surface area contributed by atoms with E-state index in [0.717, 1.165) is 17.1 Å². The SMILES string of the molecule is COc1ccc(O[C@@H](C)C(=O)c2cc(C)n(Cc3ccco3)c2C)c([N+](=O)[O-])c1. The van der Waals surface area contributed by atoms with Crippen molar-refractivity contribution >= 4 is 11.5 Å². The van der Waals surface area contributed by atoms with Crippen molar-refractivity contribution in [2.24, 2.45) is 0 Å². The first-order chi connectivity index (χ1) is 13.8. The number of hydrogen-bond acceptors (Lipinski definition) is 6. The Morgan fingerprint density at radius 1 is 1.28 bits per heavy atom. The van der Waals surface area contributed by atoms with Gasteiger partial charge in [-0.1, -0.05) is 0 Å². The fourth-order valence-electron chi connectivity index (χ4n) is 3.18. The molecule has 0 aliphatic heterocycles. The van der Waals surface area contributed by atoms with E-state index in [9.17, 15) is 14.9 Å². The number of nitrogens with zero attached hydrogens (tertiary/aromatic N) is 2. The molecule has 0 radical (unpaired) electrons. The molecule has 8 nitrogen and oxygen atoms in total. The first-order valence-electron chi connectivity index (χ1n) is 9.04. The van der Waals surface area contributed by atoms with Crippen molar-refractivity contribution in [3.63, 3.8) is 0 Å². The van der Waals surface area contributed by atoms with Crippen molar-refractivity contribution in [3.05, 3.63) is 75.5 Å². The number of Topliss-reactive ketones (excluding diaryl/α,β-unsaturated/α-hetero) is 1. The summed E-state index contributed by atoms with van der Waals surface area (Å²) in [5, 5.41) is 11.3. The number of aryl methyl sites for hydroxylation is 1. The van der Waals surface area contributed by atoms with E-state index in [2.05, 4.69) is 0 Å². The molecule has 1 aromatic carbocycles.